The maximum Gasteiger partial charge on any atom is 0.340 e. The molecule has 4 rings (SSSR count). The molecule has 3 heterocycles. The Hall–Kier alpha value is -3.52. The second kappa shape index (κ2) is 13.6. The number of pyridine rings is 2. The number of ether oxygens (including phenoxy) is 3. The van der Waals surface area contributed by atoms with Gasteiger partial charge in [-0.1, -0.05) is 26.0 Å². The van der Waals surface area contributed by atoms with Crippen LogP contribution in [0, 0.1) is 18.2 Å². The van der Waals surface area contributed by atoms with E-state index in [0.29, 0.717) is 18.8 Å². The van der Waals surface area contributed by atoms with Gasteiger partial charge in [0.15, 0.2) is 6.10 Å². The van der Waals surface area contributed by atoms with Gasteiger partial charge in [0.05, 0.1) is 36.4 Å². The van der Waals surface area contributed by atoms with Crippen LogP contribution in [0.25, 0.3) is 11.3 Å². The number of esters is 1. The Bertz CT molecular complexity index is 1330. The predicted molar refractivity (Wildman–Crippen MR) is 163 cm³/mol. The maximum atomic E-state index is 13.4. The van der Waals surface area contributed by atoms with Crippen LogP contribution in [0.15, 0.2) is 48.8 Å². The van der Waals surface area contributed by atoms with E-state index < -0.39 is 12.1 Å². The second-order valence-electron chi connectivity index (χ2n) is 12.3. The summed E-state index contributed by atoms with van der Waals surface area (Å²) in [4.78, 5) is 25.3. The van der Waals surface area contributed by atoms with Crippen molar-refractivity contribution in [2.45, 2.75) is 86.0 Å². The lowest BCUT2D eigenvalue weighted by Crippen LogP contribution is -2.39. The number of hydrogen-bond acceptors (Lipinski definition) is 7. The summed E-state index contributed by atoms with van der Waals surface area (Å²) in [5, 5.41) is 0. The van der Waals surface area contributed by atoms with Gasteiger partial charge in [-0.25, -0.2) is 9.18 Å². The lowest BCUT2D eigenvalue weighted by Gasteiger charge is -2.40. The minimum atomic E-state index is -0.918. The Balaban J connectivity index is 1.68. The average molecular weight is 578 g/mol. The van der Waals surface area contributed by atoms with Gasteiger partial charge in [0.1, 0.15) is 11.6 Å². The summed E-state index contributed by atoms with van der Waals surface area (Å²) in [6.45, 7) is 16.2. The van der Waals surface area contributed by atoms with Crippen LogP contribution < -0.4 is 9.64 Å². The lowest BCUT2D eigenvalue weighted by atomic mass is 9.82. The number of hydrogen-bond donors (Lipinski definition) is 0. The summed E-state index contributed by atoms with van der Waals surface area (Å²) >= 11 is 0. The molecule has 226 valence electrons. The minimum Gasteiger partial charge on any atom is -0.492 e. The molecule has 8 heteroatoms. The highest BCUT2D eigenvalue weighted by Crippen LogP contribution is 2.43. The highest BCUT2D eigenvalue weighted by Gasteiger charge is 2.35. The molecule has 1 saturated heterocycles. The Morgan fingerprint density at radius 3 is 2.26 bits per heavy atom. The summed E-state index contributed by atoms with van der Waals surface area (Å²) in [7, 11) is 0. The van der Waals surface area contributed by atoms with E-state index in [-0.39, 0.29) is 23.4 Å². The molecular weight excluding hydrogens is 533 g/mol. The first kappa shape index (κ1) is 31.4. The normalized spacial score (nSPS) is 15.6. The first-order valence-corrected chi connectivity index (χ1v) is 14.9. The highest BCUT2D eigenvalue weighted by atomic mass is 19.1. The third kappa shape index (κ3) is 8.06. The first-order valence-electron chi connectivity index (χ1n) is 14.9. The second-order valence-corrected chi connectivity index (χ2v) is 12.3. The van der Waals surface area contributed by atoms with E-state index in [1.807, 2.05) is 52.9 Å². The maximum absolute atomic E-state index is 13.4. The van der Waals surface area contributed by atoms with Gasteiger partial charge in [0.2, 0.25) is 0 Å². The molecule has 7 nitrogen and oxygen atoms in total. The van der Waals surface area contributed by atoms with Gasteiger partial charge in [-0.15, -0.1) is 0 Å². The molecule has 1 fully saturated rings. The lowest BCUT2D eigenvalue weighted by molar-refractivity contribution is -0.164. The van der Waals surface area contributed by atoms with Crippen molar-refractivity contribution in [3.63, 3.8) is 0 Å². The van der Waals surface area contributed by atoms with Crippen LogP contribution in [0.3, 0.4) is 0 Å². The van der Waals surface area contributed by atoms with E-state index in [4.69, 9.17) is 24.2 Å². The molecule has 2 aromatic heterocycles. The van der Waals surface area contributed by atoms with Gasteiger partial charge in [-0.2, -0.15) is 0 Å². The fourth-order valence-electron chi connectivity index (χ4n) is 5.16. The monoisotopic (exact) mass is 577 g/mol. The van der Waals surface area contributed by atoms with E-state index in [0.717, 1.165) is 59.7 Å². The minimum absolute atomic E-state index is 0.199. The van der Waals surface area contributed by atoms with Crippen molar-refractivity contribution in [3.8, 4) is 17.0 Å². The van der Waals surface area contributed by atoms with Crippen LogP contribution in [0.5, 0.6) is 5.75 Å². The van der Waals surface area contributed by atoms with Gasteiger partial charge in [0, 0.05) is 42.5 Å². The van der Waals surface area contributed by atoms with E-state index >= 15 is 0 Å². The van der Waals surface area contributed by atoms with Gasteiger partial charge < -0.3 is 19.1 Å². The van der Waals surface area contributed by atoms with Gasteiger partial charge in [0.25, 0.3) is 0 Å². The molecule has 0 bridgehead atoms. The zero-order valence-corrected chi connectivity index (χ0v) is 25.9. The SMILES string of the molecule is Cc1ncc(-c2ccc(OCCc3ccc(F)cc3)cn2)c(N2CCC(C)(C)CC2)c1[C@H](OC(C)C)C(=O)OC(C)C. The van der Waals surface area contributed by atoms with Gasteiger partial charge in [-0.05, 0) is 82.7 Å². The van der Waals surface area contributed by atoms with Crippen LogP contribution >= 0.6 is 0 Å². The summed E-state index contributed by atoms with van der Waals surface area (Å²) in [5.74, 6) is -0.0269. The topological polar surface area (TPSA) is 73.8 Å². The molecule has 3 aromatic rings. The van der Waals surface area contributed by atoms with Crippen LogP contribution in [0.1, 0.15) is 77.3 Å². The Morgan fingerprint density at radius 1 is 0.976 bits per heavy atom. The largest absolute Gasteiger partial charge is 0.492 e. The quantitative estimate of drug-likeness (QED) is 0.222. The number of aromatic nitrogens is 2. The van der Waals surface area contributed by atoms with Crippen LogP contribution in [-0.4, -0.2) is 47.8 Å². The van der Waals surface area contributed by atoms with Crippen molar-refractivity contribution in [2.75, 3.05) is 24.6 Å². The van der Waals surface area contributed by atoms with Crippen LogP contribution in [-0.2, 0) is 20.7 Å². The third-order valence-corrected chi connectivity index (χ3v) is 7.54. The number of nitrogens with zero attached hydrogens (tertiary/aromatic N) is 3. The van der Waals surface area contributed by atoms with Crippen molar-refractivity contribution < 1.29 is 23.4 Å². The van der Waals surface area contributed by atoms with Crippen LogP contribution in [0.2, 0.25) is 0 Å². The molecule has 0 radical (unpaired) electrons. The van der Waals surface area contributed by atoms with Gasteiger partial charge >= 0.3 is 5.97 Å². The number of carbonyl (C=O) groups is 1. The number of rotatable bonds is 11. The standard InChI is InChI=1S/C34H44FN3O4/c1-22(2)41-32(33(39)42-23(3)4)30-24(5)36-21-28(31(30)38-17-15-34(6,7)16-18-38)29-13-12-27(20-37-29)40-19-14-25-8-10-26(35)11-9-25/h8-13,20-23,32H,14-19H2,1-7H3/t32-/m0/s1. The van der Waals surface area contributed by atoms with Crippen molar-refractivity contribution in [3.05, 3.63) is 71.4 Å². The Morgan fingerprint density at radius 2 is 1.67 bits per heavy atom. The first-order chi connectivity index (χ1) is 19.9. The predicted octanol–water partition coefficient (Wildman–Crippen LogP) is 7.26. The van der Waals surface area contributed by atoms with Crippen molar-refractivity contribution in [2.24, 2.45) is 5.41 Å². The van der Waals surface area contributed by atoms with Crippen molar-refractivity contribution >= 4 is 11.7 Å². The molecule has 1 atom stereocenters. The number of carbonyl (C=O) groups excluding carboxylic acids is 1. The number of aryl methyl sites for hydroxylation is 1. The molecule has 0 N–H and O–H groups in total. The number of piperidine rings is 1. The van der Waals surface area contributed by atoms with E-state index in [2.05, 4.69) is 18.7 Å². The third-order valence-electron chi connectivity index (χ3n) is 7.54. The average Bonchev–Trinajstić information content (AvgIpc) is 2.93. The number of halogens is 1. The van der Waals surface area contributed by atoms with E-state index in [9.17, 15) is 9.18 Å². The molecule has 0 saturated carbocycles. The van der Waals surface area contributed by atoms with E-state index in [1.165, 1.54) is 12.1 Å². The molecule has 1 aromatic carbocycles. The summed E-state index contributed by atoms with van der Waals surface area (Å²) < 4.78 is 31.0. The Labute approximate surface area is 249 Å². The Kier molecular flexibility index (Phi) is 10.2. The molecule has 1 aliphatic rings. The molecule has 1 aliphatic heterocycles. The fourth-order valence-corrected chi connectivity index (χ4v) is 5.16. The molecule has 0 amide bonds. The molecule has 0 spiro atoms. The highest BCUT2D eigenvalue weighted by molar-refractivity contribution is 5.86. The zero-order valence-electron chi connectivity index (χ0n) is 25.9. The summed E-state index contributed by atoms with van der Waals surface area (Å²) in [6, 6.07) is 10.2. The van der Waals surface area contributed by atoms with Crippen molar-refractivity contribution in [1.29, 1.82) is 0 Å². The summed E-state index contributed by atoms with van der Waals surface area (Å²) in [6.07, 6.45) is 4.86. The van der Waals surface area contributed by atoms with Crippen LogP contribution in [0.4, 0.5) is 10.1 Å². The zero-order chi connectivity index (χ0) is 30.4. The molecule has 0 unspecified atom stereocenters. The van der Waals surface area contributed by atoms with Crippen molar-refractivity contribution in [1.82, 2.24) is 9.97 Å². The molecule has 0 aliphatic carbocycles. The van der Waals surface area contributed by atoms with Gasteiger partial charge in [-0.3, -0.25) is 9.97 Å². The smallest absolute Gasteiger partial charge is 0.340 e. The fraction of sp³-hybridized carbons (Fsp3) is 0.500. The van der Waals surface area contributed by atoms with E-state index in [1.54, 1.807) is 18.3 Å². The number of benzene rings is 1. The number of anilines is 1. The molecule has 42 heavy (non-hydrogen) atoms. The molecular formula is C34H44FN3O4. The summed E-state index contributed by atoms with van der Waals surface area (Å²) in [5.41, 5.74) is 5.19.